The second-order valence-electron chi connectivity index (χ2n) is 3.35. The first-order chi connectivity index (χ1) is 7.14. The third-order valence-corrected chi connectivity index (χ3v) is 4.12. The van der Waals surface area contributed by atoms with E-state index in [4.69, 9.17) is 9.79 Å². The summed E-state index contributed by atoms with van der Waals surface area (Å²) in [4.78, 5) is 0. The molecule has 0 aliphatic heterocycles. The minimum absolute atomic E-state index is 0.404. The Morgan fingerprint density at radius 2 is 2.00 bits per heavy atom. The van der Waals surface area contributed by atoms with Crippen LogP contribution in [-0.2, 0) is 9.09 Å². The fraction of sp³-hybridized carbons (Fsp3) is 0.900. The Bertz CT molecular complexity index is 250. The smallest absolute Gasteiger partial charge is 0.307 e. The lowest BCUT2D eigenvalue weighted by Crippen LogP contribution is -2.21. The highest BCUT2D eigenvalue weighted by Crippen LogP contribution is 2.49. The fourth-order valence-corrected chi connectivity index (χ4v) is 2.80. The topological polar surface area (TPSA) is 53.3 Å². The largest absolute Gasteiger partial charge is 0.371 e. The van der Waals surface area contributed by atoms with Gasteiger partial charge >= 0.3 is 7.52 Å². The highest BCUT2D eigenvalue weighted by molar-refractivity contribution is 7.61. The zero-order valence-corrected chi connectivity index (χ0v) is 10.8. The van der Waals surface area contributed by atoms with Gasteiger partial charge in [0.2, 0.25) is 0 Å². The Morgan fingerprint density at radius 3 is 2.40 bits per heavy atom. The van der Waals surface area contributed by atoms with E-state index in [1.807, 2.05) is 26.6 Å². The number of nitriles is 1. The van der Waals surface area contributed by atoms with Crippen LogP contribution in [0.3, 0.4) is 0 Å². The maximum absolute atomic E-state index is 12.1. The van der Waals surface area contributed by atoms with Crippen LogP contribution in [0, 0.1) is 11.1 Å². The molecule has 0 aromatic rings. The summed E-state index contributed by atoms with van der Waals surface area (Å²) in [6.07, 6.45) is 2.69. The third-order valence-electron chi connectivity index (χ3n) is 2.11. The monoisotopic (exact) mass is 232 g/mol. The lowest BCUT2D eigenvalue weighted by atomic mass is 10.4. The van der Waals surface area contributed by atoms with Crippen LogP contribution in [0.2, 0.25) is 0 Å². The van der Waals surface area contributed by atoms with Crippen molar-refractivity contribution in [3.63, 3.8) is 0 Å². The predicted octanol–water partition coefficient (Wildman–Crippen LogP) is 3.21. The van der Waals surface area contributed by atoms with E-state index in [0.717, 1.165) is 19.3 Å². The van der Waals surface area contributed by atoms with Crippen molar-refractivity contribution in [2.45, 2.75) is 40.0 Å². The van der Waals surface area contributed by atoms with Crippen molar-refractivity contribution in [1.29, 1.82) is 5.26 Å². The van der Waals surface area contributed by atoms with Gasteiger partial charge in [-0.25, -0.2) is 4.67 Å². The molecular formula is C10H21N2O2P. The summed E-state index contributed by atoms with van der Waals surface area (Å²) < 4.78 is 19.0. The fourth-order valence-electron chi connectivity index (χ4n) is 1.24. The maximum atomic E-state index is 12.1. The van der Waals surface area contributed by atoms with Crippen molar-refractivity contribution < 1.29 is 9.09 Å². The normalized spacial score (nSPS) is 14.9. The Kier molecular flexibility index (Phi) is 7.68. The molecule has 0 bridgehead atoms. The van der Waals surface area contributed by atoms with Gasteiger partial charge in [-0.05, 0) is 12.8 Å². The molecule has 0 radical (unpaired) electrons. The van der Waals surface area contributed by atoms with Crippen LogP contribution >= 0.6 is 7.52 Å². The molecule has 0 saturated carbocycles. The molecule has 5 heteroatoms. The average molecular weight is 232 g/mol. The molecular weight excluding hydrogens is 211 g/mol. The van der Waals surface area contributed by atoms with E-state index < -0.39 is 7.52 Å². The molecule has 1 atom stereocenters. The van der Waals surface area contributed by atoms with Crippen molar-refractivity contribution >= 4 is 7.52 Å². The quantitative estimate of drug-likeness (QED) is 0.476. The molecule has 0 saturated heterocycles. The van der Waals surface area contributed by atoms with Gasteiger partial charge in [-0.2, -0.15) is 5.26 Å². The van der Waals surface area contributed by atoms with Gasteiger partial charge in [0.05, 0.1) is 6.61 Å². The first-order valence-corrected chi connectivity index (χ1v) is 7.13. The van der Waals surface area contributed by atoms with Gasteiger partial charge in [-0.15, -0.1) is 0 Å². The number of hydrogen-bond donors (Lipinski definition) is 0. The maximum Gasteiger partial charge on any atom is 0.371 e. The van der Waals surface area contributed by atoms with Crippen molar-refractivity contribution in [1.82, 2.24) is 4.67 Å². The number of nitrogens with zero attached hydrogens (tertiary/aromatic N) is 2. The van der Waals surface area contributed by atoms with Crippen molar-refractivity contribution in [2.75, 3.05) is 19.7 Å². The van der Waals surface area contributed by atoms with Gasteiger partial charge < -0.3 is 4.52 Å². The number of hydrogen-bond acceptors (Lipinski definition) is 3. The van der Waals surface area contributed by atoms with Gasteiger partial charge in [0.25, 0.3) is 0 Å². The van der Waals surface area contributed by atoms with E-state index in [1.54, 1.807) is 4.67 Å². The zero-order valence-electron chi connectivity index (χ0n) is 9.90. The van der Waals surface area contributed by atoms with E-state index in [1.165, 1.54) is 0 Å². The molecule has 0 aliphatic rings. The van der Waals surface area contributed by atoms with Gasteiger partial charge in [0.15, 0.2) is 5.81 Å². The SMILES string of the molecule is CCCCOP(=O)(C#N)N(CC)CCC. The van der Waals surface area contributed by atoms with Crippen LogP contribution in [0.25, 0.3) is 0 Å². The first-order valence-electron chi connectivity index (χ1n) is 5.55. The minimum Gasteiger partial charge on any atom is -0.307 e. The predicted molar refractivity (Wildman–Crippen MR) is 61.6 cm³/mol. The van der Waals surface area contributed by atoms with Gasteiger partial charge in [0, 0.05) is 13.1 Å². The summed E-state index contributed by atoms with van der Waals surface area (Å²) in [6, 6.07) is 0. The van der Waals surface area contributed by atoms with E-state index in [2.05, 4.69) is 0 Å². The zero-order chi connectivity index (χ0) is 11.7. The van der Waals surface area contributed by atoms with Crippen LogP contribution in [0.1, 0.15) is 40.0 Å². The van der Waals surface area contributed by atoms with Gasteiger partial charge in [0.1, 0.15) is 0 Å². The summed E-state index contributed by atoms with van der Waals surface area (Å²) in [6.45, 7) is 7.56. The van der Waals surface area contributed by atoms with Crippen molar-refractivity contribution in [2.24, 2.45) is 0 Å². The molecule has 0 aliphatic carbocycles. The Balaban J connectivity index is 4.39. The Labute approximate surface area is 92.7 Å². The highest BCUT2D eigenvalue weighted by Gasteiger charge is 2.29. The summed E-state index contributed by atoms with van der Waals surface area (Å²) in [5.74, 6) is 1.83. The van der Waals surface area contributed by atoms with Gasteiger partial charge in [-0.3, -0.25) is 4.57 Å². The molecule has 88 valence electrons. The van der Waals surface area contributed by atoms with Crippen molar-refractivity contribution in [3.8, 4) is 5.81 Å². The lowest BCUT2D eigenvalue weighted by Gasteiger charge is -2.24. The summed E-state index contributed by atoms with van der Waals surface area (Å²) in [5.41, 5.74) is 0. The molecule has 0 fully saturated rings. The lowest BCUT2D eigenvalue weighted by molar-refractivity contribution is 0.265. The van der Waals surface area contributed by atoms with E-state index in [0.29, 0.717) is 19.7 Å². The van der Waals surface area contributed by atoms with Crippen molar-refractivity contribution in [3.05, 3.63) is 0 Å². The number of unbranched alkanes of at least 4 members (excludes halogenated alkanes) is 1. The molecule has 0 spiro atoms. The van der Waals surface area contributed by atoms with E-state index in [9.17, 15) is 4.57 Å². The Morgan fingerprint density at radius 1 is 1.33 bits per heavy atom. The van der Waals surface area contributed by atoms with Gasteiger partial charge in [-0.1, -0.05) is 27.2 Å². The molecule has 0 aromatic carbocycles. The molecule has 0 heterocycles. The summed E-state index contributed by atoms with van der Waals surface area (Å²) >= 11 is 0. The average Bonchev–Trinajstić information content (AvgIpc) is 2.26. The standard InChI is InChI=1S/C10H21N2O2P/c1-4-7-9-14-15(13,10-11)12(6-3)8-5-2/h4-9H2,1-3H3. The summed E-state index contributed by atoms with van der Waals surface area (Å²) in [7, 11) is -3.22. The summed E-state index contributed by atoms with van der Waals surface area (Å²) in [5, 5.41) is 8.93. The van der Waals surface area contributed by atoms with E-state index >= 15 is 0 Å². The van der Waals surface area contributed by atoms with Crippen LogP contribution in [-0.4, -0.2) is 24.4 Å². The molecule has 0 aromatic heterocycles. The molecule has 0 rings (SSSR count). The molecule has 15 heavy (non-hydrogen) atoms. The van der Waals surface area contributed by atoms with Crippen LogP contribution in [0.15, 0.2) is 0 Å². The number of rotatable bonds is 8. The third kappa shape index (κ3) is 4.79. The molecule has 4 nitrogen and oxygen atoms in total. The van der Waals surface area contributed by atoms with Crippen LogP contribution in [0.5, 0.6) is 0 Å². The van der Waals surface area contributed by atoms with Crippen LogP contribution < -0.4 is 0 Å². The first kappa shape index (κ1) is 14.6. The molecule has 0 N–H and O–H groups in total. The second kappa shape index (κ2) is 7.87. The minimum atomic E-state index is -3.22. The van der Waals surface area contributed by atoms with Crippen LogP contribution in [0.4, 0.5) is 0 Å². The highest BCUT2D eigenvalue weighted by atomic mass is 31.2. The molecule has 0 amide bonds. The van der Waals surface area contributed by atoms with E-state index in [-0.39, 0.29) is 0 Å². The Hall–Kier alpha value is -0.360. The molecule has 1 unspecified atom stereocenters. The second-order valence-corrected chi connectivity index (χ2v) is 5.42.